The molecule has 1 atom stereocenters. The third kappa shape index (κ3) is 3.84. The Labute approximate surface area is 113 Å². The molecule has 2 heterocycles. The maximum Gasteiger partial charge on any atom is 0.00480 e. The SMILES string of the molecule is CCC1(C)CCN(CC2(C)CCNC2)CC1.Cl. The molecule has 0 spiro atoms. The molecule has 2 rings (SSSR count). The van der Waals surface area contributed by atoms with Gasteiger partial charge in [0.05, 0.1) is 0 Å². The van der Waals surface area contributed by atoms with E-state index in [0.717, 1.165) is 0 Å². The van der Waals surface area contributed by atoms with E-state index in [1.165, 1.54) is 58.4 Å². The van der Waals surface area contributed by atoms with Gasteiger partial charge in [-0.2, -0.15) is 0 Å². The van der Waals surface area contributed by atoms with Gasteiger partial charge in [-0.15, -0.1) is 12.4 Å². The van der Waals surface area contributed by atoms with Crippen molar-refractivity contribution in [1.82, 2.24) is 10.2 Å². The number of nitrogens with zero attached hydrogens (tertiary/aromatic N) is 1. The Hall–Kier alpha value is 0.210. The molecule has 2 aliphatic heterocycles. The normalized spacial score (nSPS) is 33.4. The first-order chi connectivity index (χ1) is 7.55. The van der Waals surface area contributed by atoms with Crippen molar-refractivity contribution in [2.75, 3.05) is 32.7 Å². The summed E-state index contributed by atoms with van der Waals surface area (Å²) < 4.78 is 0. The van der Waals surface area contributed by atoms with Crippen LogP contribution in [0.5, 0.6) is 0 Å². The summed E-state index contributed by atoms with van der Waals surface area (Å²) in [5.74, 6) is 0. The van der Waals surface area contributed by atoms with E-state index in [9.17, 15) is 0 Å². The Bertz CT molecular complexity index is 228. The molecule has 2 aliphatic rings. The second-order valence-corrected chi connectivity index (χ2v) is 6.68. The molecular weight excluding hydrogens is 232 g/mol. The van der Waals surface area contributed by atoms with Crippen molar-refractivity contribution in [3.05, 3.63) is 0 Å². The lowest BCUT2D eigenvalue weighted by molar-refractivity contribution is 0.0830. The second kappa shape index (κ2) is 5.90. The van der Waals surface area contributed by atoms with Crippen LogP contribution < -0.4 is 5.32 Å². The monoisotopic (exact) mass is 260 g/mol. The molecule has 3 heteroatoms. The topological polar surface area (TPSA) is 15.3 Å². The predicted octanol–water partition coefficient (Wildman–Crippen LogP) is 2.92. The minimum Gasteiger partial charge on any atom is -0.316 e. The highest BCUT2D eigenvalue weighted by atomic mass is 35.5. The van der Waals surface area contributed by atoms with Gasteiger partial charge in [-0.3, -0.25) is 0 Å². The van der Waals surface area contributed by atoms with Gasteiger partial charge in [0.25, 0.3) is 0 Å². The first-order valence-corrected chi connectivity index (χ1v) is 6.98. The number of nitrogens with one attached hydrogen (secondary N) is 1. The minimum atomic E-state index is 0. The zero-order valence-electron chi connectivity index (χ0n) is 11.7. The van der Waals surface area contributed by atoms with Crippen molar-refractivity contribution in [2.24, 2.45) is 10.8 Å². The Morgan fingerprint density at radius 1 is 1.06 bits per heavy atom. The summed E-state index contributed by atoms with van der Waals surface area (Å²) in [7, 11) is 0. The van der Waals surface area contributed by atoms with Crippen LogP contribution in [0, 0.1) is 10.8 Å². The van der Waals surface area contributed by atoms with Crippen molar-refractivity contribution in [2.45, 2.75) is 46.5 Å². The largest absolute Gasteiger partial charge is 0.316 e. The van der Waals surface area contributed by atoms with Crippen molar-refractivity contribution >= 4 is 12.4 Å². The van der Waals surface area contributed by atoms with Gasteiger partial charge in [-0.1, -0.05) is 27.2 Å². The van der Waals surface area contributed by atoms with Crippen LogP contribution in [0.3, 0.4) is 0 Å². The fourth-order valence-electron chi connectivity index (χ4n) is 3.15. The summed E-state index contributed by atoms with van der Waals surface area (Å²) in [5, 5.41) is 3.50. The molecule has 2 saturated heterocycles. The van der Waals surface area contributed by atoms with Crippen LogP contribution in [0.2, 0.25) is 0 Å². The quantitative estimate of drug-likeness (QED) is 0.840. The summed E-state index contributed by atoms with van der Waals surface area (Å²) in [6, 6.07) is 0. The molecule has 17 heavy (non-hydrogen) atoms. The molecule has 0 radical (unpaired) electrons. The molecule has 2 fully saturated rings. The predicted molar refractivity (Wildman–Crippen MR) is 76.9 cm³/mol. The van der Waals surface area contributed by atoms with E-state index in [1.54, 1.807) is 0 Å². The van der Waals surface area contributed by atoms with E-state index in [4.69, 9.17) is 0 Å². The van der Waals surface area contributed by atoms with Crippen LogP contribution in [0.1, 0.15) is 46.5 Å². The van der Waals surface area contributed by atoms with Crippen LogP contribution >= 0.6 is 12.4 Å². The third-order valence-electron chi connectivity index (χ3n) is 4.98. The fourth-order valence-corrected chi connectivity index (χ4v) is 3.15. The minimum absolute atomic E-state index is 0. The summed E-state index contributed by atoms with van der Waals surface area (Å²) in [6.07, 6.45) is 5.49. The van der Waals surface area contributed by atoms with Crippen LogP contribution in [-0.2, 0) is 0 Å². The zero-order chi connectivity index (χ0) is 11.6. The van der Waals surface area contributed by atoms with Crippen LogP contribution in [0.4, 0.5) is 0 Å². The molecule has 0 aromatic carbocycles. The van der Waals surface area contributed by atoms with E-state index in [-0.39, 0.29) is 12.4 Å². The maximum atomic E-state index is 3.50. The lowest BCUT2D eigenvalue weighted by Crippen LogP contribution is -2.44. The van der Waals surface area contributed by atoms with Crippen molar-refractivity contribution in [3.8, 4) is 0 Å². The average molecular weight is 261 g/mol. The van der Waals surface area contributed by atoms with E-state index in [2.05, 4.69) is 31.0 Å². The number of hydrogen-bond donors (Lipinski definition) is 1. The Morgan fingerprint density at radius 2 is 1.71 bits per heavy atom. The second-order valence-electron chi connectivity index (χ2n) is 6.68. The highest BCUT2D eigenvalue weighted by molar-refractivity contribution is 5.85. The Balaban J connectivity index is 0.00000144. The van der Waals surface area contributed by atoms with Crippen molar-refractivity contribution in [3.63, 3.8) is 0 Å². The highest BCUT2D eigenvalue weighted by Crippen LogP contribution is 2.35. The fraction of sp³-hybridized carbons (Fsp3) is 1.00. The van der Waals surface area contributed by atoms with Gasteiger partial charge in [-0.25, -0.2) is 0 Å². The molecule has 102 valence electrons. The molecule has 0 aliphatic carbocycles. The maximum absolute atomic E-state index is 3.50. The Kier molecular flexibility index (Phi) is 5.30. The van der Waals surface area contributed by atoms with E-state index < -0.39 is 0 Å². The lowest BCUT2D eigenvalue weighted by atomic mass is 9.77. The van der Waals surface area contributed by atoms with Gasteiger partial charge in [0.1, 0.15) is 0 Å². The molecule has 0 aromatic rings. The summed E-state index contributed by atoms with van der Waals surface area (Å²) in [5.41, 5.74) is 1.17. The molecule has 0 amide bonds. The summed E-state index contributed by atoms with van der Waals surface area (Å²) in [6.45, 7) is 13.6. The van der Waals surface area contributed by atoms with Crippen LogP contribution in [-0.4, -0.2) is 37.6 Å². The standard InChI is InChI=1S/C14H28N2.ClH/c1-4-13(2)6-9-16(10-7-13)12-14(3)5-8-15-11-14;/h15H,4-12H2,1-3H3;1H. The highest BCUT2D eigenvalue weighted by Gasteiger charge is 2.34. The van der Waals surface area contributed by atoms with E-state index in [1.807, 2.05) is 0 Å². The molecule has 1 N–H and O–H groups in total. The van der Waals surface area contributed by atoms with Crippen LogP contribution in [0.25, 0.3) is 0 Å². The number of rotatable bonds is 3. The summed E-state index contributed by atoms with van der Waals surface area (Å²) >= 11 is 0. The number of likely N-dealkylation sites (tertiary alicyclic amines) is 1. The number of piperidine rings is 1. The van der Waals surface area contributed by atoms with Crippen molar-refractivity contribution < 1.29 is 0 Å². The molecular formula is C14H29ClN2. The molecule has 1 unspecified atom stereocenters. The average Bonchev–Trinajstić information content (AvgIpc) is 2.69. The lowest BCUT2D eigenvalue weighted by Gasteiger charge is -2.41. The van der Waals surface area contributed by atoms with Gasteiger partial charge in [0.2, 0.25) is 0 Å². The van der Waals surface area contributed by atoms with Crippen LogP contribution in [0.15, 0.2) is 0 Å². The molecule has 2 nitrogen and oxygen atoms in total. The smallest absolute Gasteiger partial charge is 0.00480 e. The third-order valence-corrected chi connectivity index (χ3v) is 4.98. The molecule has 0 saturated carbocycles. The van der Waals surface area contributed by atoms with Gasteiger partial charge in [0.15, 0.2) is 0 Å². The van der Waals surface area contributed by atoms with Gasteiger partial charge in [-0.05, 0) is 49.7 Å². The molecule has 0 bridgehead atoms. The summed E-state index contributed by atoms with van der Waals surface area (Å²) in [4.78, 5) is 2.70. The van der Waals surface area contributed by atoms with E-state index >= 15 is 0 Å². The number of hydrogen-bond acceptors (Lipinski definition) is 2. The van der Waals surface area contributed by atoms with Gasteiger partial charge >= 0.3 is 0 Å². The first-order valence-electron chi connectivity index (χ1n) is 6.98. The van der Waals surface area contributed by atoms with Gasteiger partial charge in [0, 0.05) is 13.1 Å². The molecule has 0 aromatic heterocycles. The van der Waals surface area contributed by atoms with E-state index in [0.29, 0.717) is 10.8 Å². The first kappa shape index (κ1) is 15.3. The van der Waals surface area contributed by atoms with Crippen molar-refractivity contribution in [1.29, 1.82) is 0 Å². The number of halogens is 1. The van der Waals surface area contributed by atoms with Gasteiger partial charge < -0.3 is 10.2 Å². The zero-order valence-corrected chi connectivity index (χ0v) is 12.5. The Morgan fingerprint density at radius 3 is 2.18 bits per heavy atom.